The van der Waals surface area contributed by atoms with Gasteiger partial charge in [0, 0.05) is 33.2 Å². The first-order chi connectivity index (χ1) is 16.3. The highest BCUT2D eigenvalue weighted by molar-refractivity contribution is 6.36. The number of nitrogens with one attached hydrogen (secondary N) is 1. The predicted octanol–water partition coefficient (Wildman–Crippen LogP) is 6.94. The van der Waals surface area contributed by atoms with Gasteiger partial charge in [-0.05, 0) is 49.6 Å². The summed E-state index contributed by atoms with van der Waals surface area (Å²) in [5.41, 5.74) is 0.577. The van der Waals surface area contributed by atoms with Crippen LogP contribution in [0.1, 0.15) is 51.0 Å². The molecule has 0 aliphatic heterocycles. The Balaban J connectivity index is 1.82. The smallest absolute Gasteiger partial charge is 0.261 e. The second-order valence-corrected chi connectivity index (χ2v) is 10.0. The highest BCUT2D eigenvalue weighted by atomic mass is 35.5. The molecule has 1 saturated carbocycles. The van der Waals surface area contributed by atoms with Crippen molar-refractivity contribution in [3.05, 3.63) is 62.1 Å². The first-order valence-electron chi connectivity index (χ1n) is 11.4. The Morgan fingerprint density at radius 3 is 2.32 bits per heavy atom. The highest BCUT2D eigenvalue weighted by Crippen LogP contribution is 2.29. The molecule has 3 rings (SSSR count). The molecular formula is C25H28Cl4N2O3. The van der Waals surface area contributed by atoms with Gasteiger partial charge in [0.15, 0.2) is 6.61 Å². The number of ether oxygens (including phenoxy) is 1. The molecule has 1 unspecified atom stereocenters. The van der Waals surface area contributed by atoms with Gasteiger partial charge in [-0.25, -0.2) is 0 Å². The number of carbonyl (C=O) groups is 2. The summed E-state index contributed by atoms with van der Waals surface area (Å²) in [6.45, 7) is 1.64. The fraction of sp³-hybridized carbons (Fsp3) is 0.440. The zero-order valence-electron chi connectivity index (χ0n) is 19.0. The summed E-state index contributed by atoms with van der Waals surface area (Å²) in [6.07, 6.45) is 5.69. The molecule has 184 valence electrons. The van der Waals surface area contributed by atoms with E-state index in [9.17, 15) is 9.59 Å². The van der Waals surface area contributed by atoms with E-state index in [1.165, 1.54) is 17.4 Å². The highest BCUT2D eigenvalue weighted by Gasteiger charge is 2.31. The van der Waals surface area contributed by atoms with Gasteiger partial charge in [-0.2, -0.15) is 0 Å². The largest absolute Gasteiger partial charge is 0.482 e. The minimum Gasteiger partial charge on any atom is -0.482 e. The fourth-order valence-corrected chi connectivity index (χ4v) is 5.11. The lowest BCUT2D eigenvalue weighted by atomic mass is 9.95. The first-order valence-corrected chi connectivity index (χ1v) is 12.9. The fourth-order valence-electron chi connectivity index (χ4n) is 4.13. The molecule has 0 aromatic heterocycles. The van der Waals surface area contributed by atoms with Gasteiger partial charge >= 0.3 is 0 Å². The summed E-state index contributed by atoms with van der Waals surface area (Å²) < 4.78 is 5.68. The number of rotatable bonds is 9. The quantitative estimate of drug-likeness (QED) is 0.371. The molecule has 2 aromatic rings. The molecule has 2 amide bonds. The third-order valence-electron chi connectivity index (χ3n) is 5.97. The lowest BCUT2D eigenvalue weighted by Crippen LogP contribution is -2.52. The topological polar surface area (TPSA) is 58.6 Å². The van der Waals surface area contributed by atoms with Crippen LogP contribution in [-0.2, 0) is 16.1 Å². The molecule has 1 N–H and O–H groups in total. The van der Waals surface area contributed by atoms with Crippen LogP contribution in [0.2, 0.25) is 20.1 Å². The number of benzene rings is 2. The Hall–Kier alpha value is -1.66. The number of nitrogens with zero attached hydrogens (tertiary/aromatic N) is 1. The van der Waals surface area contributed by atoms with Crippen molar-refractivity contribution in [2.75, 3.05) is 6.61 Å². The van der Waals surface area contributed by atoms with Crippen LogP contribution in [0.5, 0.6) is 5.75 Å². The van der Waals surface area contributed by atoms with Crippen LogP contribution in [0.15, 0.2) is 36.4 Å². The molecule has 9 heteroatoms. The minimum absolute atomic E-state index is 0.0750. The summed E-state index contributed by atoms with van der Waals surface area (Å²) in [7, 11) is 0. The summed E-state index contributed by atoms with van der Waals surface area (Å²) in [6, 6.07) is 9.33. The maximum atomic E-state index is 13.4. The van der Waals surface area contributed by atoms with E-state index in [-0.39, 0.29) is 31.0 Å². The van der Waals surface area contributed by atoms with E-state index in [0.717, 1.165) is 25.7 Å². The molecule has 34 heavy (non-hydrogen) atoms. The van der Waals surface area contributed by atoms with Gasteiger partial charge in [-0.1, -0.05) is 78.7 Å². The number of halogens is 4. The molecule has 0 saturated heterocycles. The molecule has 2 aromatic carbocycles. The molecule has 0 bridgehead atoms. The van der Waals surface area contributed by atoms with E-state index in [2.05, 4.69) is 5.32 Å². The van der Waals surface area contributed by atoms with Crippen molar-refractivity contribution >= 4 is 58.2 Å². The van der Waals surface area contributed by atoms with Crippen LogP contribution in [0.4, 0.5) is 0 Å². The lowest BCUT2D eigenvalue weighted by molar-refractivity contribution is -0.143. The van der Waals surface area contributed by atoms with Crippen LogP contribution in [0.25, 0.3) is 0 Å². The Bertz CT molecular complexity index is 991. The summed E-state index contributed by atoms with van der Waals surface area (Å²) in [5, 5.41) is 4.74. The number of hydrogen-bond donors (Lipinski definition) is 1. The normalized spacial score (nSPS) is 15.0. The standard InChI is InChI=1S/C25H28Cl4N2O3/c1-2-22(25(33)30-17-7-4-3-5-8-17)31(14-18-19(27)9-6-10-20(18)28)24(32)15-34-23-12-11-16(26)13-21(23)29/h6,9-13,17,22H,2-5,7-8,14-15H2,1H3,(H,30,33). The number of carbonyl (C=O) groups excluding carboxylic acids is 2. The van der Waals surface area contributed by atoms with Crippen LogP contribution >= 0.6 is 46.4 Å². The van der Waals surface area contributed by atoms with E-state index in [4.69, 9.17) is 51.1 Å². The van der Waals surface area contributed by atoms with E-state index >= 15 is 0 Å². The van der Waals surface area contributed by atoms with Crippen LogP contribution in [-0.4, -0.2) is 35.4 Å². The van der Waals surface area contributed by atoms with E-state index in [1.54, 1.807) is 30.3 Å². The molecule has 1 aliphatic rings. The van der Waals surface area contributed by atoms with Crippen molar-refractivity contribution in [3.63, 3.8) is 0 Å². The molecule has 1 aliphatic carbocycles. The minimum atomic E-state index is -0.703. The molecule has 5 nitrogen and oxygen atoms in total. The zero-order chi connectivity index (χ0) is 24.7. The van der Waals surface area contributed by atoms with Crippen LogP contribution < -0.4 is 10.1 Å². The first kappa shape index (κ1) is 26.9. The molecule has 1 fully saturated rings. The zero-order valence-corrected chi connectivity index (χ0v) is 22.0. The molecule has 0 radical (unpaired) electrons. The van der Waals surface area contributed by atoms with Gasteiger partial charge < -0.3 is 15.0 Å². The van der Waals surface area contributed by atoms with Crippen molar-refractivity contribution in [2.24, 2.45) is 0 Å². The van der Waals surface area contributed by atoms with Crippen molar-refractivity contribution in [1.29, 1.82) is 0 Å². The monoisotopic (exact) mass is 544 g/mol. The second kappa shape index (κ2) is 12.9. The van der Waals surface area contributed by atoms with Crippen molar-refractivity contribution < 1.29 is 14.3 Å². The SMILES string of the molecule is CCC(C(=O)NC1CCCCC1)N(Cc1c(Cl)cccc1Cl)C(=O)COc1ccc(Cl)cc1Cl. The van der Waals surface area contributed by atoms with Crippen LogP contribution in [0, 0.1) is 0 Å². The van der Waals surface area contributed by atoms with Gasteiger partial charge in [0.25, 0.3) is 5.91 Å². The molecule has 0 heterocycles. The maximum Gasteiger partial charge on any atom is 0.261 e. The lowest BCUT2D eigenvalue weighted by Gasteiger charge is -2.33. The van der Waals surface area contributed by atoms with E-state index in [1.807, 2.05) is 6.92 Å². The second-order valence-electron chi connectivity index (χ2n) is 8.35. The Morgan fingerprint density at radius 2 is 1.71 bits per heavy atom. The van der Waals surface area contributed by atoms with Gasteiger partial charge in [0.1, 0.15) is 11.8 Å². The summed E-state index contributed by atoms with van der Waals surface area (Å²) >= 11 is 24.9. The summed E-state index contributed by atoms with van der Waals surface area (Å²) in [4.78, 5) is 28.1. The van der Waals surface area contributed by atoms with E-state index < -0.39 is 6.04 Å². The van der Waals surface area contributed by atoms with E-state index in [0.29, 0.717) is 37.8 Å². The Morgan fingerprint density at radius 1 is 1.03 bits per heavy atom. The van der Waals surface area contributed by atoms with Crippen LogP contribution in [0.3, 0.4) is 0 Å². The molecule has 0 spiro atoms. The van der Waals surface area contributed by atoms with Gasteiger partial charge in [0.2, 0.25) is 5.91 Å². The van der Waals surface area contributed by atoms with Gasteiger partial charge in [-0.15, -0.1) is 0 Å². The third kappa shape index (κ3) is 7.17. The van der Waals surface area contributed by atoms with Crippen molar-refractivity contribution in [2.45, 2.75) is 64.1 Å². The van der Waals surface area contributed by atoms with Gasteiger partial charge in [-0.3, -0.25) is 9.59 Å². The number of hydrogen-bond acceptors (Lipinski definition) is 3. The van der Waals surface area contributed by atoms with Gasteiger partial charge in [0.05, 0.1) is 5.02 Å². The maximum absolute atomic E-state index is 13.4. The average molecular weight is 546 g/mol. The third-order valence-corrected chi connectivity index (χ3v) is 7.21. The Labute approximate surface area is 220 Å². The average Bonchev–Trinajstić information content (AvgIpc) is 2.80. The van der Waals surface area contributed by atoms with Crippen molar-refractivity contribution in [1.82, 2.24) is 10.2 Å². The number of amides is 2. The Kier molecular flexibility index (Phi) is 10.2. The molecular weight excluding hydrogens is 518 g/mol. The summed E-state index contributed by atoms with van der Waals surface area (Å²) in [5.74, 6) is -0.238. The predicted molar refractivity (Wildman–Crippen MR) is 138 cm³/mol. The van der Waals surface area contributed by atoms with Crippen molar-refractivity contribution in [3.8, 4) is 5.75 Å². The molecule has 1 atom stereocenters.